The molecule has 3 heterocycles. The third-order valence-corrected chi connectivity index (χ3v) is 4.96. The highest BCUT2D eigenvalue weighted by Crippen LogP contribution is 2.43. The predicted molar refractivity (Wildman–Crippen MR) is 88.6 cm³/mol. The van der Waals surface area contributed by atoms with Crippen molar-refractivity contribution in [3.8, 4) is 5.75 Å². The fraction of sp³-hybridized carbons (Fsp3) is 0.278. The number of hydrogen-bond donors (Lipinski definition) is 2. The standard InChI is InChI=1S/C18H15N3O3/c1-2-24-10-6-7-19-16-12(10)13-14-11(17(22)21-18(14)23)8-4-3-5-9(8)15(13)20-16/h6-7H,2-5H2,1H3,(H,19,20)(H,21,22,23). The first-order valence-corrected chi connectivity index (χ1v) is 8.17. The molecule has 6 nitrogen and oxygen atoms in total. The van der Waals surface area contributed by atoms with E-state index in [-0.39, 0.29) is 11.8 Å². The van der Waals surface area contributed by atoms with Crippen molar-refractivity contribution in [2.24, 2.45) is 0 Å². The second kappa shape index (κ2) is 4.56. The van der Waals surface area contributed by atoms with Crippen molar-refractivity contribution in [1.29, 1.82) is 0 Å². The van der Waals surface area contributed by atoms with Gasteiger partial charge in [-0.15, -0.1) is 0 Å². The van der Waals surface area contributed by atoms with Gasteiger partial charge >= 0.3 is 0 Å². The molecule has 120 valence electrons. The molecule has 24 heavy (non-hydrogen) atoms. The van der Waals surface area contributed by atoms with E-state index in [9.17, 15) is 9.59 Å². The quantitative estimate of drug-likeness (QED) is 0.710. The molecular formula is C18H15N3O3. The monoisotopic (exact) mass is 321 g/mol. The van der Waals surface area contributed by atoms with Gasteiger partial charge in [0.25, 0.3) is 11.8 Å². The molecule has 2 amide bonds. The molecule has 0 spiro atoms. The van der Waals surface area contributed by atoms with E-state index in [1.807, 2.05) is 6.92 Å². The van der Waals surface area contributed by atoms with Crippen molar-refractivity contribution in [2.75, 3.05) is 6.61 Å². The largest absolute Gasteiger partial charge is 0.493 e. The van der Waals surface area contributed by atoms with Crippen LogP contribution in [0.25, 0.3) is 21.9 Å². The zero-order chi connectivity index (χ0) is 16.4. The van der Waals surface area contributed by atoms with Crippen LogP contribution in [0.3, 0.4) is 0 Å². The summed E-state index contributed by atoms with van der Waals surface area (Å²) in [5.74, 6) is 0.0641. The normalized spacial score (nSPS) is 15.9. The second-order valence-electron chi connectivity index (χ2n) is 6.18. The number of aromatic nitrogens is 2. The molecule has 2 aliphatic rings. The van der Waals surface area contributed by atoms with E-state index in [1.165, 1.54) is 0 Å². The zero-order valence-corrected chi connectivity index (χ0v) is 13.2. The van der Waals surface area contributed by atoms with E-state index in [2.05, 4.69) is 15.3 Å². The van der Waals surface area contributed by atoms with Gasteiger partial charge < -0.3 is 9.72 Å². The Labute approximate surface area is 137 Å². The Balaban J connectivity index is 2.04. The SMILES string of the molecule is CCOc1ccnc2[nH]c3c4c(c5c(c3c12)C(=O)NC5=O)CCC4. The molecule has 1 aromatic carbocycles. The number of amides is 2. The number of ether oxygens (including phenoxy) is 1. The van der Waals surface area contributed by atoms with Crippen LogP contribution >= 0.6 is 0 Å². The minimum atomic E-state index is -0.332. The lowest BCUT2D eigenvalue weighted by atomic mass is 9.94. The van der Waals surface area contributed by atoms with Crippen molar-refractivity contribution in [3.05, 3.63) is 34.5 Å². The van der Waals surface area contributed by atoms with Gasteiger partial charge in [-0.3, -0.25) is 14.9 Å². The number of benzene rings is 1. The van der Waals surface area contributed by atoms with Crippen LogP contribution in [-0.2, 0) is 12.8 Å². The van der Waals surface area contributed by atoms with Gasteiger partial charge in [-0.1, -0.05) is 0 Å². The minimum Gasteiger partial charge on any atom is -0.493 e. The lowest BCUT2D eigenvalue weighted by Crippen LogP contribution is -2.20. The Morgan fingerprint density at radius 3 is 2.75 bits per heavy atom. The highest BCUT2D eigenvalue weighted by molar-refractivity contribution is 6.31. The van der Waals surface area contributed by atoms with Gasteiger partial charge in [0.1, 0.15) is 11.4 Å². The van der Waals surface area contributed by atoms with Gasteiger partial charge in [-0.25, -0.2) is 4.98 Å². The lowest BCUT2D eigenvalue weighted by Gasteiger charge is -2.09. The summed E-state index contributed by atoms with van der Waals surface area (Å²) in [6.07, 6.45) is 4.41. The molecule has 6 heteroatoms. The molecule has 0 fully saturated rings. The maximum absolute atomic E-state index is 12.5. The summed E-state index contributed by atoms with van der Waals surface area (Å²) in [5.41, 5.74) is 4.76. The van der Waals surface area contributed by atoms with Crippen LogP contribution in [0, 0.1) is 0 Å². The Morgan fingerprint density at radius 1 is 1.12 bits per heavy atom. The molecule has 3 aromatic rings. The summed E-state index contributed by atoms with van der Waals surface area (Å²) < 4.78 is 5.75. The number of carbonyl (C=O) groups is 2. The van der Waals surface area contributed by atoms with E-state index in [0.717, 1.165) is 46.7 Å². The van der Waals surface area contributed by atoms with Gasteiger partial charge in [0.05, 0.1) is 28.6 Å². The van der Waals surface area contributed by atoms with Crippen LogP contribution in [0.5, 0.6) is 5.75 Å². The number of fused-ring (bicyclic) bond motifs is 8. The lowest BCUT2D eigenvalue weighted by molar-refractivity contribution is 0.0880. The molecule has 1 aliphatic heterocycles. The van der Waals surface area contributed by atoms with Crippen LogP contribution in [0.4, 0.5) is 0 Å². The van der Waals surface area contributed by atoms with E-state index in [4.69, 9.17) is 4.74 Å². The highest BCUT2D eigenvalue weighted by atomic mass is 16.5. The molecule has 0 bridgehead atoms. The summed E-state index contributed by atoms with van der Waals surface area (Å²) in [7, 11) is 0. The summed E-state index contributed by atoms with van der Waals surface area (Å²) in [4.78, 5) is 32.6. The van der Waals surface area contributed by atoms with Gasteiger partial charge in [0.15, 0.2) is 0 Å². The highest BCUT2D eigenvalue weighted by Gasteiger charge is 2.37. The van der Waals surface area contributed by atoms with Crippen LogP contribution < -0.4 is 10.1 Å². The Bertz CT molecular complexity index is 1060. The van der Waals surface area contributed by atoms with E-state index in [1.54, 1.807) is 12.3 Å². The predicted octanol–water partition coefficient (Wildman–Crippen LogP) is 2.49. The van der Waals surface area contributed by atoms with Crippen molar-refractivity contribution >= 4 is 33.8 Å². The Hall–Kier alpha value is -2.89. The molecule has 0 unspecified atom stereocenters. The van der Waals surface area contributed by atoms with Crippen molar-refractivity contribution < 1.29 is 14.3 Å². The first-order chi connectivity index (χ1) is 11.7. The van der Waals surface area contributed by atoms with Crippen molar-refractivity contribution in [3.63, 3.8) is 0 Å². The topological polar surface area (TPSA) is 84.1 Å². The molecule has 0 saturated carbocycles. The smallest absolute Gasteiger partial charge is 0.259 e. The zero-order valence-electron chi connectivity index (χ0n) is 13.2. The molecule has 2 aromatic heterocycles. The number of rotatable bonds is 2. The summed E-state index contributed by atoms with van der Waals surface area (Å²) in [6, 6.07) is 1.80. The molecular weight excluding hydrogens is 306 g/mol. The van der Waals surface area contributed by atoms with Gasteiger partial charge in [0, 0.05) is 11.6 Å². The van der Waals surface area contributed by atoms with E-state index >= 15 is 0 Å². The number of pyridine rings is 1. The molecule has 0 atom stereocenters. The van der Waals surface area contributed by atoms with Gasteiger partial charge in [-0.2, -0.15) is 0 Å². The number of nitrogens with zero attached hydrogens (tertiary/aromatic N) is 1. The maximum Gasteiger partial charge on any atom is 0.259 e. The Kier molecular flexibility index (Phi) is 2.58. The number of carbonyl (C=O) groups excluding carboxylic acids is 2. The van der Waals surface area contributed by atoms with E-state index in [0.29, 0.717) is 29.1 Å². The second-order valence-corrected chi connectivity index (χ2v) is 6.18. The van der Waals surface area contributed by atoms with Crippen molar-refractivity contribution in [2.45, 2.75) is 26.2 Å². The fourth-order valence-corrected chi connectivity index (χ4v) is 4.12. The van der Waals surface area contributed by atoms with Crippen LogP contribution in [0.2, 0.25) is 0 Å². The third-order valence-electron chi connectivity index (χ3n) is 4.96. The molecule has 2 N–H and O–H groups in total. The van der Waals surface area contributed by atoms with Crippen LogP contribution in [-0.4, -0.2) is 28.4 Å². The number of aryl methyl sites for hydroxylation is 1. The molecule has 5 rings (SSSR count). The summed E-state index contributed by atoms with van der Waals surface area (Å²) in [6.45, 7) is 2.43. The third kappa shape index (κ3) is 1.52. The molecule has 0 radical (unpaired) electrons. The van der Waals surface area contributed by atoms with Crippen LogP contribution in [0.15, 0.2) is 12.3 Å². The first-order valence-electron chi connectivity index (χ1n) is 8.17. The van der Waals surface area contributed by atoms with Gasteiger partial charge in [-0.05, 0) is 43.4 Å². The van der Waals surface area contributed by atoms with E-state index < -0.39 is 0 Å². The van der Waals surface area contributed by atoms with Gasteiger partial charge in [0.2, 0.25) is 0 Å². The first kappa shape index (κ1) is 13.5. The Morgan fingerprint density at radius 2 is 1.92 bits per heavy atom. The molecule has 0 saturated heterocycles. The number of imide groups is 1. The minimum absolute atomic E-state index is 0.286. The number of nitrogens with one attached hydrogen (secondary N) is 2. The number of H-pyrrole nitrogens is 1. The molecule has 1 aliphatic carbocycles. The summed E-state index contributed by atoms with van der Waals surface area (Å²) >= 11 is 0. The average Bonchev–Trinajstić information content (AvgIpc) is 3.23. The fourth-order valence-electron chi connectivity index (χ4n) is 4.12. The summed E-state index contributed by atoms with van der Waals surface area (Å²) in [5, 5.41) is 4.00. The van der Waals surface area contributed by atoms with Crippen LogP contribution in [0.1, 0.15) is 45.2 Å². The maximum atomic E-state index is 12.5. The average molecular weight is 321 g/mol. The van der Waals surface area contributed by atoms with Crippen molar-refractivity contribution in [1.82, 2.24) is 15.3 Å². The number of aromatic amines is 1. The number of hydrogen-bond acceptors (Lipinski definition) is 4.